The predicted molar refractivity (Wildman–Crippen MR) is 71.6 cm³/mol. The summed E-state index contributed by atoms with van der Waals surface area (Å²) < 4.78 is 0. The molecule has 1 aromatic heterocycles. The Bertz CT molecular complexity index is 394. The molecule has 2 atom stereocenters. The van der Waals surface area contributed by atoms with Gasteiger partial charge in [-0.1, -0.05) is 13.3 Å². The summed E-state index contributed by atoms with van der Waals surface area (Å²) in [7, 11) is 0. The highest BCUT2D eigenvalue weighted by Gasteiger charge is 2.28. The molecule has 0 radical (unpaired) electrons. The van der Waals surface area contributed by atoms with E-state index in [2.05, 4.69) is 22.0 Å². The van der Waals surface area contributed by atoms with Crippen LogP contribution in [-0.2, 0) is 0 Å². The smallest absolute Gasteiger partial charge is 0.244 e. The SMILES string of the molecule is CC1CCCC1c1nc(N2CCC(N)CC2)n[nH]1. The minimum Gasteiger partial charge on any atom is -0.339 e. The number of aromatic nitrogens is 3. The molecule has 5 nitrogen and oxygen atoms in total. The fourth-order valence-electron chi connectivity index (χ4n) is 3.22. The number of nitrogens with one attached hydrogen (secondary N) is 1. The first-order valence-corrected chi connectivity index (χ1v) is 7.17. The Morgan fingerprint density at radius 3 is 2.67 bits per heavy atom. The lowest BCUT2D eigenvalue weighted by Crippen LogP contribution is -2.40. The Labute approximate surface area is 108 Å². The van der Waals surface area contributed by atoms with Gasteiger partial charge in [0.1, 0.15) is 5.82 Å². The highest BCUT2D eigenvalue weighted by molar-refractivity contribution is 5.30. The number of aromatic amines is 1. The van der Waals surface area contributed by atoms with Crippen LogP contribution in [0.25, 0.3) is 0 Å². The van der Waals surface area contributed by atoms with Gasteiger partial charge >= 0.3 is 0 Å². The molecule has 2 aliphatic rings. The van der Waals surface area contributed by atoms with Crippen molar-refractivity contribution in [2.24, 2.45) is 11.7 Å². The number of H-pyrrole nitrogens is 1. The van der Waals surface area contributed by atoms with E-state index in [1.807, 2.05) is 0 Å². The fraction of sp³-hybridized carbons (Fsp3) is 0.846. The van der Waals surface area contributed by atoms with Crippen LogP contribution >= 0.6 is 0 Å². The van der Waals surface area contributed by atoms with Crippen LogP contribution in [0.2, 0.25) is 0 Å². The van der Waals surface area contributed by atoms with Crippen LogP contribution in [0.5, 0.6) is 0 Å². The van der Waals surface area contributed by atoms with Gasteiger partial charge in [-0.15, -0.1) is 5.10 Å². The Kier molecular flexibility index (Phi) is 3.24. The van der Waals surface area contributed by atoms with E-state index in [0.29, 0.717) is 12.0 Å². The Hall–Kier alpha value is -1.10. The number of hydrogen-bond acceptors (Lipinski definition) is 4. The molecule has 1 aromatic rings. The monoisotopic (exact) mass is 249 g/mol. The molecule has 0 amide bonds. The summed E-state index contributed by atoms with van der Waals surface area (Å²) >= 11 is 0. The normalized spacial score (nSPS) is 30.0. The van der Waals surface area contributed by atoms with E-state index in [1.54, 1.807) is 0 Å². The summed E-state index contributed by atoms with van der Waals surface area (Å²) in [4.78, 5) is 6.96. The van der Waals surface area contributed by atoms with Crippen LogP contribution in [0.4, 0.5) is 5.95 Å². The molecule has 3 rings (SSSR count). The van der Waals surface area contributed by atoms with Gasteiger partial charge in [0.25, 0.3) is 0 Å². The Balaban J connectivity index is 1.69. The molecule has 18 heavy (non-hydrogen) atoms. The quantitative estimate of drug-likeness (QED) is 0.836. The number of piperidine rings is 1. The lowest BCUT2D eigenvalue weighted by atomic mass is 9.98. The summed E-state index contributed by atoms with van der Waals surface area (Å²) in [6.45, 7) is 4.29. The number of anilines is 1. The topological polar surface area (TPSA) is 70.8 Å². The molecular formula is C13H23N5. The highest BCUT2D eigenvalue weighted by atomic mass is 15.4. The van der Waals surface area contributed by atoms with Crippen molar-refractivity contribution in [3.8, 4) is 0 Å². The molecule has 1 aliphatic heterocycles. The van der Waals surface area contributed by atoms with Crippen molar-refractivity contribution in [3.05, 3.63) is 5.82 Å². The van der Waals surface area contributed by atoms with Gasteiger partial charge in [-0.25, -0.2) is 0 Å². The third kappa shape index (κ3) is 2.23. The average Bonchev–Trinajstić information content (AvgIpc) is 2.98. The maximum absolute atomic E-state index is 5.92. The molecule has 2 unspecified atom stereocenters. The van der Waals surface area contributed by atoms with E-state index in [1.165, 1.54) is 19.3 Å². The molecular weight excluding hydrogens is 226 g/mol. The summed E-state index contributed by atoms with van der Waals surface area (Å²) in [6, 6.07) is 0.356. The first kappa shape index (κ1) is 12.0. The first-order chi connectivity index (χ1) is 8.74. The van der Waals surface area contributed by atoms with Gasteiger partial charge in [-0.2, -0.15) is 4.98 Å². The van der Waals surface area contributed by atoms with Gasteiger partial charge in [0.15, 0.2) is 0 Å². The van der Waals surface area contributed by atoms with Crippen LogP contribution in [0.1, 0.15) is 50.8 Å². The van der Waals surface area contributed by atoms with Crippen molar-refractivity contribution >= 4 is 5.95 Å². The maximum Gasteiger partial charge on any atom is 0.244 e. The largest absolute Gasteiger partial charge is 0.339 e. The molecule has 0 aromatic carbocycles. The minimum atomic E-state index is 0.356. The Morgan fingerprint density at radius 1 is 1.22 bits per heavy atom. The lowest BCUT2D eigenvalue weighted by Gasteiger charge is -2.28. The molecule has 3 N–H and O–H groups in total. The third-order valence-electron chi connectivity index (χ3n) is 4.53. The third-order valence-corrected chi connectivity index (χ3v) is 4.53. The molecule has 100 valence electrons. The molecule has 2 heterocycles. The number of rotatable bonds is 2. The van der Waals surface area contributed by atoms with Gasteiger partial charge in [0.05, 0.1) is 0 Å². The molecule has 0 spiro atoms. The zero-order valence-corrected chi connectivity index (χ0v) is 11.1. The first-order valence-electron chi connectivity index (χ1n) is 7.17. The molecule has 0 bridgehead atoms. The minimum absolute atomic E-state index is 0.356. The predicted octanol–water partition coefficient (Wildman–Crippen LogP) is 1.64. The highest BCUT2D eigenvalue weighted by Crippen LogP contribution is 2.37. The van der Waals surface area contributed by atoms with Crippen LogP contribution in [0.15, 0.2) is 0 Å². The van der Waals surface area contributed by atoms with Gasteiger partial charge in [-0.05, 0) is 31.6 Å². The number of nitrogens with zero attached hydrogens (tertiary/aromatic N) is 3. The summed E-state index contributed by atoms with van der Waals surface area (Å²) in [5.74, 6) is 3.28. The van der Waals surface area contributed by atoms with Gasteiger partial charge in [0.2, 0.25) is 5.95 Å². The second kappa shape index (κ2) is 4.88. The summed E-state index contributed by atoms with van der Waals surface area (Å²) in [5.41, 5.74) is 5.92. The van der Waals surface area contributed by atoms with Crippen molar-refractivity contribution < 1.29 is 0 Å². The van der Waals surface area contributed by atoms with Crippen LogP contribution in [0, 0.1) is 5.92 Å². The summed E-state index contributed by atoms with van der Waals surface area (Å²) in [5, 5.41) is 7.55. The second-order valence-electron chi connectivity index (χ2n) is 5.86. The second-order valence-corrected chi connectivity index (χ2v) is 5.86. The van der Waals surface area contributed by atoms with Gasteiger partial charge in [-0.3, -0.25) is 5.10 Å². The molecule has 1 aliphatic carbocycles. The molecule has 5 heteroatoms. The maximum atomic E-state index is 5.92. The van der Waals surface area contributed by atoms with Crippen molar-refractivity contribution in [1.82, 2.24) is 15.2 Å². The van der Waals surface area contributed by atoms with Gasteiger partial charge in [0, 0.05) is 25.0 Å². The Morgan fingerprint density at radius 2 is 2.00 bits per heavy atom. The van der Waals surface area contributed by atoms with E-state index < -0.39 is 0 Å². The van der Waals surface area contributed by atoms with E-state index >= 15 is 0 Å². The average molecular weight is 249 g/mol. The van der Waals surface area contributed by atoms with E-state index in [9.17, 15) is 0 Å². The molecule has 2 fully saturated rings. The fourth-order valence-corrected chi connectivity index (χ4v) is 3.22. The number of hydrogen-bond donors (Lipinski definition) is 2. The number of nitrogens with two attached hydrogens (primary N) is 1. The van der Waals surface area contributed by atoms with Crippen molar-refractivity contribution in [3.63, 3.8) is 0 Å². The zero-order chi connectivity index (χ0) is 12.5. The van der Waals surface area contributed by atoms with Crippen LogP contribution < -0.4 is 10.6 Å². The summed E-state index contributed by atoms with van der Waals surface area (Å²) in [6.07, 6.45) is 5.98. The van der Waals surface area contributed by atoms with E-state index in [0.717, 1.165) is 43.6 Å². The van der Waals surface area contributed by atoms with E-state index in [-0.39, 0.29) is 0 Å². The van der Waals surface area contributed by atoms with E-state index in [4.69, 9.17) is 10.7 Å². The lowest BCUT2D eigenvalue weighted by molar-refractivity contribution is 0.494. The standard InChI is InChI=1S/C13H23N5/c1-9-3-2-4-11(9)12-15-13(17-16-12)18-7-5-10(14)6-8-18/h9-11H,2-8,14H2,1H3,(H,15,16,17). The van der Waals surface area contributed by atoms with Crippen molar-refractivity contribution in [2.75, 3.05) is 18.0 Å². The molecule has 1 saturated carbocycles. The zero-order valence-electron chi connectivity index (χ0n) is 11.1. The van der Waals surface area contributed by atoms with Gasteiger partial charge < -0.3 is 10.6 Å². The van der Waals surface area contributed by atoms with Crippen LogP contribution in [0.3, 0.4) is 0 Å². The van der Waals surface area contributed by atoms with Crippen molar-refractivity contribution in [2.45, 2.75) is 51.0 Å². The van der Waals surface area contributed by atoms with Crippen molar-refractivity contribution in [1.29, 1.82) is 0 Å². The molecule has 1 saturated heterocycles. The van der Waals surface area contributed by atoms with Crippen LogP contribution in [-0.4, -0.2) is 34.3 Å².